The molecule has 0 aromatic heterocycles. The van der Waals surface area contributed by atoms with Gasteiger partial charge in [-0.1, -0.05) is 26.0 Å². The Balaban J connectivity index is 2.83. The predicted molar refractivity (Wildman–Crippen MR) is 62.0 cm³/mol. The fourth-order valence-corrected chi connectivity index (χ4v) is 1.44. The summed E-state index contributed by atoms with van der Waals surface area (Å²) in [5, 5.41) is 11.0. The van der Waals surface area contributed by atoms with Crippen molar-refractivity contribution >= 4 is 6.09 Å². The Morgan fingerprint density at radius 1 is 1.50 bits per heavy atom. The first-order valence-electron chi connectivity index (χ1n) is 5.07. The summed E-state index contributed by atoms with van der Waals surface area (Å²) in [6.07, 6.45) is -1.00. The summed E-state index contributed by atoms with van der Waals surface area (Å²) in [6.45, 7) is 4.34. The fourth-order valence-electron chi connectivity index (χ4n) is 1.44. The number of methoxy groups -OCH3 is 1. The SMILES string of the molecule is COc1cccc(C(C)(C)CNC(=O)O)c1. The Morgan fingerprint density at radius 3 is 2.75 bits per heavy atom. The van der Waals surface area contributed by atoms with Gasteiger partial charge in [0, 0.05) is 12.0 Å². The first-order valence-corrected chi connectivity index (χ1v) is 5.07. The second kappa shape index (κ2) is 4.88. The Labute approximate surface area is 95.2 Å². The van der Waals surface area contributed by atoms with Crippen molar-refractivity contribution in [3.63, 3.8) is 0 Å². The van der Waals surface area contributed by atoms with E-state index >= 15 is 0 Å². The Kier molecular flexibility index (Phi) is 3.77. The largest absolute Gasteiger partial charge is 0.497 e. The lowest BCUT2D eigenvalue weighted by atomic mass is 9.84. The molecule has 0 aliphatic heterocycles. The minimum atomic E-state index is -1.00. The van der Waals surface area contributed by atoms with E-state index in [1.807, 2.05) is 38.1 Å². The van der Waals surface area contributed by atoms with Crippen molar-refractivity contribution in [2.24, 2.45) is 0 Å². The van der Waals surface area contributed by atoms with Crippen molar-refractivity contribution in [1.29, 1.82) is 0 Å². The van der Waals surface area contributed by atoms with E-state index in [9.17, 15) is 4.79 Å². The number of benzene rings is 1. The molecule has 0 saturated carbocycles. The number of hydrogen-bond acceptors (Lipinski definition) is 2. The molecule has 0 saturated heterocycles. The topological polar surface area (TPSA) is 58.6 Å². The summed E-state index contributed by atoms with van der Waals surface area (Å²) < 4.78 is 5.14. The van der Waals surface area contributed by atoms with E-state index in [1.165, 1.54) is 0 Å². The number of nitrogens with one attached hydrogen (secondary N) is 1. The first-order chi connectivity index (χ1) is 7.45. The summed E-state index contributed by atoms with van der Waals surface area (Å²) in [4.78, 5) is 10.5. The van der Waals surface area contributed by atoms with Gasteiger partial charge >= 0.3 is 6.09 Å². The van der Waals surface area contributed by atoms with Crippen LogP contribution in [0.3, 0.4) is 0 Å². The molecule has 0 spiro atoms. The molecule has 1 aromatic carbocycles. The van der Waals surface area contributed by atoms with Crippen molar-refractivity contribution in [2.45, 2.75) is 19.3 Å². The molecular formula is C12H17NO3. The number of amides is 1. The number of rotatable bonds is 4. The lowest BCUT2D eigenvalue weighted by Gasteiger charge is -2.25. The van der Waals surface area contributed by atoms with Crippen LogP contribution in [0.1, 0.15) is 19.4 Å². The van der Waals surface area contributed by atoms with Gasteiger partial charge in [-0.05, 0) is 17.7 Å². The molecule has 1 aromatic rings. The highest BCUT2D eigenvalue weighted by atomic mass is 16.5. The van der Waals surface area contributed by atoms with Gasteiger partial charge in [-0.25, -0.2) is 4.79 Å². The van der Waals surface area contributed by atoms with E-state index < -0.39 is 6.09 Å². The van der Waals surface area contributed by atoms with Gasteiger partial charge in [-0.3, -0.25) is 0 Å². The fraction of sp³-hybridized carbons (Fsp3) is 0.417. The molecule has 0 bridgehead atoms. The van der Waals surface area contributed by atoms with Crippen LogP contribution < -0.4 is 10.1 Å². The molecule has 0 unspecified atom stereocenters. The van der Waals surface area contributed by atoms with Crippen LogP contribution in [-0.2, 0) is 5.41 Å². The predicted octanol–water partition coefficient (Wildman–Crippen LogP) is 2.24. The Morgan fingerprint density at radius 2 is 2.19 bits per heavy atom. The van der Waals surface area contributed by atoms with Gasteiger partial charge in [0.25, 0.3) is 0 Å². The number of ether oxygens (including phenoxy) is 1. The third kappa shape index (κ3) is 3.15. The smallest absolute Gasteiger partial charge is 0.404 e. The van der Waals surface area contributed by atoms with E-state index in [0.29, 0.717) is 6.54 Å². The highest BCUT2D eigenvalue weighted by Gasteiger charge is 2.21. The zero-order valence-corrected chi connectivity index (χ0v) is 9.78. The molecule has 0 heterocycles. The van der Waals surface area contributed by atoms with Gasteiger partial charge in [0.1, 0.15) is 5.75 Å². The normalized spacial score (nSPS) is 10.9. The molecule has 88 valence electrons. The maximum absolute atomic E-state index is 10.5. The maximum atomic E-state index is 10.5. The molecule has 2 N–H and O–H groups in total. The van der Waals surface area contributed by atoms with E-state index in [-0.39, 0.29) is 5.41 Å². The van der Waals surface area contributed by atoms with E-state index in [0.717, 1.165) is 11.3 Å². The highest BCUT2D eigenvalue weighted by molar-refractivity contribution is 5.64. The molecule has 16 heavy (non-hydrogen) atoms. The quantitative estimate of drug-likeness (QED) is 0.823. The Bertz CT molecular complexity index is 374. The van der Waals surface area contributed by atoms with Crippen LogP contribution in [0, 0.1) is 0 Å². The summed E-state index contributed by atoms with van der Waals surface area (Å²) in [5.74, 6) is 0.779. The summed E-state index contributed by atoms with van der Waals surface area (Å²) in [7, 11) is 1.61. The molecular weight excluding hydrogens is 206 g/mol. The van der Waals surface area contributed by atoms with Gasteiger partial charge in [0.15, 0.2) is 0 Å². The van der Waals surface area contributed by atoms with Crippen LogP contribution in [0.4, 0.5) is 4.79 Å². The standard InChI is InChI=1S/C12H17NO3/c1-12(2,8-13-11(14)15)9-5-4-6-10(7-9)16-3/h4-7,13H,8H2,1-3H3,(H,14,15). The summed E-state index contributed by atoms with van der Waals surface area (Å²) in [6, 6.07) is 7.65. The van der Waals surface area contributed by atoms with Crippen molar-refractivity contribution in [3.05, 3.63) is 29.8 Å². The molecule has 1 amide bonds. The van der Waals surface area contributed by atoms with Crippen molar-refractivity contribution < 1.29 is 14.6 Å². The summed E-state index contributed by atoms with van der Waals surface area (Å²) >= 11 is 0. The van der Waals surface area contributed by atoms with E-state index in [2.05, 4.69) is 5.32 Å². The second-order valence-electron chi connectivity index (χ2n) is 4.27. The van der Waals surface area contributed by atoms with Crippen molar-refractivity contribution in [2.75, 3.05) is 13.7 Å². The molecule has 0 fully saturated rings. The number of hydrogen-bond donors (Lipinski definition) is 2. The first kappa shape index (κ1) is 12.4. The molecule has 0 aliphatic carbocycles. The van der Waals surface area contributed by atoms with Crippen LogP contribution in [0.25, 0.3) is 0 Å². The molecule has 0 aliphatic rings. The number of carboxylic acid groups (broad SMARTS) is 1. The minimum absolute atomic E-state index is 0.257. The van der Waals surface area contributed by atoms with Gasteiger partial charge in [-0.2, -0.15) is 0 Å². The average molecular weight is 223 g/mol. The van der Waals surface area contributed by atoms with Crippen LogP contribution in [0.5, 0.6) is 5.75 Å². The van der Waals surface area contributed by atoms with E-state index in [4.69, 9.17) is 9.84 Å². The van der Waals surface area contributed by atoms with Crippen LogP contribution in [0.2, 0.25) is 0 Å². The minimum Gasteiger partial charge on any atom is -0.497 e. The monoisotopic (exact) mass is 223 g/mol. The maximum Gasteiger partial charge on any atom is 0.404 e. The number of carbonyl (C=O) groups is 1. The molecule has 0 radical (unpaired) electrons. The molecule has 4 nitrogen and oxygen atoms in total. The molecule has 1 rings (SSSR count). The van der Waals surface area contributed by atoms with Crippen LogP contribution in [0.15, 0.2) is 24.3 Å². The van der Waals surface area contributed by atoms with Crippen molar-refractivity contribution in [3.8, 4) is 5.75 Å². The molecule has 4 heteroatoms. The zero-order valence-electron chi connectivity index (χ0n) is 9.78. The van der Waals surface area contributed by atoms with Gasteiger partial charge in [0.05, 0.1) is 7.11 Å². The third-order valence-electron chi connectivity index (χ3n) is 2.53. The lowest BCUT2D eigenvalue weighted by molar-refractivity contribution is 0.192. The molecule has 0 atom stereocenters. The lowest BCUT2D eigenvalue weighted by Crippen LogP contribution is -2.35. The van der Waals surface area contributed by atoms with E-state index in [1.54, 1.807) is 7.11 Å². The zero-order chi connectivity index (χ0) is 12.2. The summed E-state index contributed by atoms with van der Waals surface area (Å²) in [5.41, 5.74) is 0.785. The van der Waals surface area contributed by atoms with Gasteiger partial charge in [0.2, 0.25) is 0 Å². The highest BCUT2D eigenvalue weighted by Crippen LogP contribution is 2.25. The van der Waals surface area contributed by atoms with Gasteiger partial charge < -0.3 is 15.2 Å². The Hall–Kier alpha value is -1.71. The van der Waals surface area contributed by atoms with Gasteiger partial charge in [-0.15, -0.1) is 0 Å². The van der Waals surface area contributed by atoms with Crippen LogP contribution >= 0.6 is 0 Å². The van der Waals surface area contributed by atoms with Crippen molar-refractivity contribution in [1.82, 2.24) is 5.32 Å². The van der Waals surface area contributed by atoms with Crippen LogP contribution in [-0.4, -0.2) is 24.9 Å². The third-order valence-corrected chi connectivity index (χ3v) is 2.53. The average Bonchev–Trinajstić information content (AvgIpc) is 2.27. The second-order valence-corrected chi connectivity index (χ2v) is 4.27.